The molecule has 0 radical (unpaired) electrons. The standard InChI is InChI=1S/C9H18N2O2/c1-7(9(12)13)11-4-2-8(6-10)3-5-11/h7-8H,2-6,10H2,1H3,(H,12,13). The lowest BCUT2D eigenvalue weighted by Crippen LogP contribution is -2.44. The van der Waals surface area contributed by atoms with E-state index in [1.54, 1.807) is 6.92 Å². The number of aliphatic carboxylic acids is 1. The Morgan fingerprint density at radius 3 is 2.54 bits per heavy atom. The van der Waals surface area contributed by atoms with Gasteiger partial charge in [-0.1, -0.05) is 0 Å². The molecule has 0 saturated carbocycles. The second kappa shape index (κ2) is 4.58. The molecule has 1 rings (SSSR count). The van der Waals surface area contributed by atoms with Gasteiger partial charge in [0, 0.05) is 0 Å². The highest BCUT2D eigenvalue weighted by Gasteiger charge is 2.25. The molecule has 4 heteroatoms. The summed E-state index contributed by atoms with van der Waals surface area (Å²) in [4.78, 5) is 12.7. The van der Waals surface area contributed by atoms with Crippen LogP contribution in [-0.4, -0.2) is 41.7 Å². The zero-order valence-corrected chi connectivity index (χ0v) is 8.07. The molecular weight excluding hydrogens is 168 g/mol. The normalized spacial score (nSPS) is 22.9. The number of carboxylic acid groups (broad SMARTS) is 1. The van der Waals surface area contributed by atoms with Crippen LogP contribution in [-0.2, 0) is 4.79 Å². The predicted octanol–water partition coefficient (Wildman–Crippen LogP) is 0.130. The molecule has 13 heavy (non-hydrogen) atoms. The zero-order chi connectivity index (χ0) is 9.84. The first-order chi connectivity index (χ1) is 6.15. The molecule has 1 aliphatic rings. The fraction of sp³-hybridized carbons (Fsp3) is 0.889. The zero-order valence-electron chi connectivity index (χ0n) is 8.07. The van der Waals surface area contributed by atoms with Gasteiger partial charge in [-0.25, -0.2) is 0 Å². The summed E-state index contributed by atoms with van der Waals surface area (Å²) >= 11 is 0. The average Bonchev–Trinajstić information content (AvgIpc) is 2.17. The molecule has 1 aliphatic heterocycles. The molecule has 0 aromatic heterocycles. The third-order valence-electron chi connectivity index (χ3n) is 2.89. The molecule has 1 unspecified atom stereocenters. The Morgan fingerprint density at radius 1 is 1.62 bits per heavy atom. The van der Waals surface area contributed by atoms with Crippen LogP contribution >= 0.6 is 0 Å². The van der Waals surface area contributed by atoms with Crippen LogP contribution in [0.4, 0.5) is 0 Å². The van der Waals surface area contributed by atoms with Crippen LogP contribution in [0.3, 0.4) is 0 Å². The van der Waals surface area contributed by atoms with Crippen molar-refractivity contribution in [2.45, 2.75) is 25.8 Å². The number of likely N-dealkylation sites (tertiary alicyclic amines) is 1. The van der Waals surface area contributed by atoms with Gasteiger partial charge in [-0.05, 0) is 45.3 Å². The Hall–Kier alpha value is -0.610. The first kappa shape index (κ1) is 10.5. The number of rotatable bonds is 3. The fourth-order valence-electron chi connectivity index (χ4n) is 1.73. The molecule has 0 aromatic rings. The van der Waals surface area contributed by atoms with Crippen molar-refractivity contribution in [3.63, 3.8) is 0 Å². The molecule has 1 fully saturated rings. The van der Waals surface area contributed by atoms with E-state index in [0.29, 0.717) is 5.92 Å². The summed E-state index contributed by atoms with van der Waals surface area (Å²) in [6.07, 6.45) is 2.07. The summed E-state index contributed by atoms with van der Waals surface area (Å²) in [6, 6.07) is -0.348. The van der Waals surface area contributed by atoms with Crippen molar-refractivity contribution in [1.82, 2.24) is 4.90 Å². The van der Waals surface area contributed by atoms with Gasteiger partial charge in [0.25, 0.3) is 0 Å². The highest BCUT2D eigenvalue weighted by Crippen LogP contribution is 2.17. The lowest BCUT2D eigenvalue weighted by Gasteiger charge is -2.33. The molecule has 1 saturated heterocycles. The third kappa shape index (κ3) is 2.67. The molecule has 76 valence electrons. The van der Waals surface area contributed by atoms with E-state index in [9.17, 15) is 4.79 Å². The molecule has 4 nitrogen and oxygen atoms in total. The number of nitrogens with two attached hydrogens (primary N) is 1. The van der Waals surface area contributed by atoms with Gasteiger partial charge < -0.3 is 10.8 Å². The highest BCUT2D eigenvalue weighted by molar-refractivity contribution is 5.72. The summed E-state index contributed by atoms with van der Waals surface area (Å²) in [5.41, 5.74) is 5.55. The van der Waals surface area contributed by atoms with Crippen molar-refractivity contribution in [3.8, 4) is 0 Å². The van der Waals surface area contributed by atoms with E-state index >= 15 is 0 Å². The lowest BCUT2D eigenvalue weighted by atomic mass is 9.96. The van der Waals surface area contributed by atoms with Crippen LogP contribution in [0, 0.1) is 5.92 Å². The maximum Gasteiger partial charge on any atom is 0.320 e. The highest BCUT2D eigenvalue weighted by atomic mass is 16.4. The first-order valence-electron chi connectivity index (χ1n) is 4.82. The quantitative estimate of drug-likeness (QED) is 0.657. The SMILES string of the molecule is CC(C(=O)O)N1CCC(CN)CC1. The second-order valence-electron chi connectivity index (χ2n) is 3.73. The van der Waals surface area contributed by atoms with E-state index in [4.69, 9.17) is 10.8 Å². The summed E-state index contributed by atoms with van der Waals surface area (Å²) in [5, 5.41) is 8.79. The first-order valence-corrected chi connectivity index (χ1v) is 4.82. The van der Waals surface area contributed by atoms with E-state index in [1.807, 2.05) is 4.90 Å². The third-order valence-corrected chi connectivity index (χ3v) is 2.89. The summed E-state index contributed by atoms with van der Waals surface area (Å²) in [7, 11) is 0. The Bertz CT molecular complexity index is 176. The minimum Gasteiger partial charge on any atom is -0.480 e. The molecule has 0 aliphatic carbocycles. The van der Waals surface area contributed by atoms with Crippen LogP contribution in [0.15, 0.2) is 0 Å². The molecule has 0 amide bonds. The van der Waals surface area contributed by atoms with Crippen molar-refractivity contribution in [1.29, 1.82) is 0 Å². The van der Waals surface area contributed by atoms with Gasteiger partial charge in [-0.15, -0.1) is 0 Å². The smallest absolute Gasteiger partial charge is 0.320 e. The van der Waals surface area contributed by atoms with Crippen molar-refractivity contribution in [2.24, 2.45) is 11.7 Å². The molecule has 0 spiro atoms. The Labute approximate surface area is 78.7 Å². The Morgan fingerprint density at radius 2 is 2.15 bits per heavy atom. The maximum absolute atomic E-state index is 10.7. The number of carboxylic acids is 1. The van der Waals surface area contributed by atoms with Crippen LogP contribution in [0.5, 0.6) is 0 Å². The van der Waals surface area contributed by atoms with E-state index < -0.39 is 5.97 Å². The average molecular weight is 186 g/mol. The maximum atomic E-state index is 10.7. The molecular formula is C9H18N2O2. The van der Waals surface area contributed by atoms with Crippen LogP contribution in [0.2, 0.25) is 0 Å². The van der Waals surface area contributed by atoms with Gasteiger partial charge in [-0.3, -0.25) is 9.69 Å². The number of piperidine rings is 1. The van der Waals surface area contributed by atoms with Crippen LogP contribution in [0.25, 0.3) is 0 Å². The van der Waals surface area contributed by atoms with Gasteiger partial charge in [0.1, 0.15) is 6.04 Å². The number of carbonyl (C=O) groups is 1. The van der Waals surface area contributed by atoms with Gasteiger partial charge >= 0.3 is 5.97 Å². The van der Waals surface area contributed by atoms with E-state index in [2.05, 4.69) is 0 Å². The lowest BCUT2D eigenvalue weighted by molar-refractivity contribution is -0.143. The topological polar surface area (TPSA) is 66.6 Å². The monoisotopic (exact) mass is 186 g/mol. The molecule has 3 N–H and O–H groups in total. The van der Waals surface area contributed by atoms with Crippen molar-refractivity contribution >= 4 is 5.97 Å². The molecule has 0 bridgehead atoms. The number of hydrogen-bond acceptors (Lipinski definition) is 3. The fourth-order valence-corrected chi connectivity index (χ4v) is 1.73. The van der Waals surface area contributed by atoms with E-state index in [-0.39, 0.29) is 6.04 Å². The van der Waals surface area contributed by atoms with Gasteiger partial charge in [-0.2, -0.15) is 0 Å². The van der Waals surface area contributed by atoms with Gasteiger partial charge in [0.15, 0.2) is 0 Å². The predicted molar refractivity (Wildman–Crippen MR) is 50.4 cm³/mol. The summed E-state index contributed by atoms with van der Waals surface area (Å²) in [5.74, 6) is -0.136. The largest absolute Gasteiger partial charge is 0.480 e. The minimum absolute atomic E-state index is 0.348. The van der Waals surface area contributed by atoms with Crippen LogP contribution in [0.1, 0.15) is 19.8 Å². The van der Waals surface area contributed by atoms with Crippen molar-refractivity contribution < 1.29 is 9.90 Å². The summed E-state index contributed by atoms with van der Waals surface area (Å²) in [6.45, 7) is 4.21. The molecule has 1 heterocycles. The molecule has 1 atom stereocenters. The van der Waals surface area contributed by atoms with E-state index in [1.165, 1.54) is 0 Å². The van der Waals surface area contributed by atoms with Gasteiger partial charge in [0.2, 0.25) is 0 Å². The van der Waals surface area contributed by atoms with Crippen molar-refractivity contribution in [3.05, 3.63) is 0 Å². The number of nitrogens with zero attached hydrogens (tertiary/aromatic N) is 1. The minimum atomic E-state index is -0.730. The Kier molecular flexibility index (Phi) is 3.69. The number of hydrogen-bond donors (Lipinski definition) is 2. The second-order valence-corrected chi connectivity index (χ2v) is 3.73. The van der Waals surface area contributed by atoms with Crippen LogP contribution < -0.4 is 5.73 Å². The molecule has 0 aromatic carbocycles. The van der Waals surface area contributed by atoms with Gasteiger partial charge in [0.05, 0.1) is 0 Å². The van der Waals surface area contributed by atoms with Crippen molar-refractivity contribution in [2.75, 3.05) is 19.6 Å². The Balaban J connectivity index is 2.36. The van der Waals surface area contributed by atoms with E-state index in [0.717, 1.165) is 32.5 Å². The summed E-state index contributed by atoms with van der Waals surface area (Å²) < 4.78 is 0.